The molecule has 0 unspecified atom stereocenters. The van der Waals surface area contributed by atoms with Crippen LogP contribution in [0.4, 0.5) is 13.2 Å². The van der Waals surface area contributed by atoms with E-state index in [0.29, 0.717) is 11.4 Å². The Morgan fingerprint density at radius 3 is 2.31 bits per heavy atom. The highest BCUT2D eigenvalue weighted by Crippen LogP contribution is 2.12. The molecule has 0 saturated heterocycles. The molecule has 1 aromatic carbocycles. The molecule has 0 atom stereocenters. The van der Waals surface area contributed by atoms with Crippen LogP contribution in [0, 0.1) is 29.3 Å². The van der Waals surface area contributed by atoms with Crippen LogP contribution in [0.25, 0.3) is 0 Å². The molecule has 0 heterocycles. The number of hydrogen-bond donors (Lipinski definition) is 0. The zero-order valence-electron chi connectivity index (χ0n) is 6.37. The molecular formula is C9H4BrF3. The highest BCUT2D eigenvalue weighted by atomic mass is 79.9. The van der Waals surface area contributed by atoms with Crippen molar-refractivity contribution in [2.24, 2.45) is 0 Å². The largest absolute Gasteiger partial charge is 0.206 e. The standard InChI is InChI=1S/C9H4BrF3/c10-3-1-2-6-4-8(12)9(13)5-7(6)11/h4-5H,3H2. The van der Waals surface area contributed by atoms with Gasteiger partial charge in [-0.2, -0.15) is 0 Å². The third-order valence-corrected chi connectivity index (χ3v) is 1.58. The predicted octanol–water partition coefficient (Wildman–Crippen LogP) is 2.85. The zero-order chi connectivity index (χ0) is 9.84. The van der Waals surface area contributed by atoms with E-state index in [1.54, 1.807) is 0 Å². The van der Waals surface area contributed by atoms with Crippen molar-refractivity contribution >= 4 is 15.9 Å². The topological polar surface area (TPSA) is 0 Å². The van der Waals surface area contributed by atoms with Gasteiger partial charge in [0.05, 0.1) is 10.9 Å². The lowest BCUT2D eigenvalue weighted by atomic mass is 10.2. The van der Waals surface area contributed by atoms with Crippen LogP contribution in [0.15, 0.2) is 12.1 Å². The molecule has 1 aromatic rings. The summed E-state index contributed by atoms with van der Waals surface area (Å²) in [6.45, 7) is 0. The normalized spacial score (nSPS) is 9.23. The Labute approximate surface area is 81.9 Å². The minimum atomic E-state index is -1.21. The number of alkyl halides is 1. The summed E-state index contributed by atoms with van der Waals surface area (Å²) in [6.07, 6.45) is 0. The quantitative estimate of drug-likeness (QED) is 0.376. The van der Waals surface area contributed by atoms with Crippen LogP contribution in [-0.2, 0) is 0 Å². The van der Waals surface area contributed by atoms with E-state index in [-0.39, 0.29) is 5.56 Å². The summed E-state index contributed by atoms with van der Waals surface area (Å²) in [5, 5.41) is 0.353. The maximum absolute atomic E-state index is 12.8. The van der Waals surface area contributed by atoms with Gasteiger partial charge < -0.3 is 0 Å². The summed E-state index contributed by atoms with van der Waals surface area (Å²) in [5.74, 6) is 1.68. The van der Waals surface area contributed by atoms with Gasteiger partial charge in [0.25, 0.3) is 0 Å². The van der Waals surface area contributed by atoms with Gasteiger partial charge in [-0.05, 0) is 6.07 Å². The molecule has 0 aliphatic carbocycles. The van der Waals surface area contributed by atoms with Crippen molar-refractivity contribution in [3.05, 3.63) is 35.1 Å². The van der Waals surface area contributed by atoms with Crippen molar-refractivity contribution in [1.29, 1.82) is 0 Å². The summed E-state index contributed by atoms with van der Waals surface area (Å²) in [7, 11) is 0. The Balaban J connectivity index is 3.16. The zero-order valence-corrected chi connectivity index (χ0v) is 7.96. The number of benzene rings is 1. The van der Waals surface area contributed by atoms with Crippen molar-refractivity contribution in [2.75, 3.05) is 5.33 Å². The Kier molecular flexibility index (Phi) is 3.38. The van der Waals surface area contributed by atoms with E-state index in [2.05, 4.69) is 27.8 Å². The fraction of sp³-hybridized carbons (Fsp3) is 0.111. The van der Waals surface area contributed by atoms with Crippen LogP contribution in [0.3, 0.4) is 0 Å². The number of rotatable bonds is 0. The molecule has 0 saturated carbocycles. The monoisotopic (exact) mass is 248 g/mol. The van der Waals surface area contributed by atoms with Gasteiger partial charge in [0.2, 0.25) is 0 Å². The molecule has 0 N–H and O–H groups in total. The van der Waals surface area contributed by atoms with E-state index in [1.165, 1.54) is 0 Å². The second kappa shape index (κ2) is 4.33. The SMILES string of the molecule is Fc1cc(F)c(C#CCBr)cc1F. The molecule has 0 fully saturated rings. The fourth-order valence-electron chi connectivity index (χ4n) is 0.747. The van der Waals surface area contributed by atoms with E-state index < -0.39 is 17.5 Å². The second-order valence-electron chi connectivity index (χ2n) is 2.18. The van der Waals surface area contributed by atoms with Crippen molar-refractivity contribution in [3.8, 4) is 11.8 Å². The summed E-state index contributed by atoms with van der Waals surface area (Å²) in [4.78, 5) is 0. The van der Waals surface area contributed by atoms with Gasteiger partial charge >= 0.3 is 0 Å². The van der Waals surface area contributed by atoms with E-state index in [0.717, 1.165) is 6.07 Å². The molecule has 0 aromatic heterocycles. The van der Waals surface area contributed by atoms with E-state index in [4.69, 9.17) is 0 Å². The molecule has 0 aliphatic rings. The average Bonchev–Trinajstić information content (AvgIpc) is 2.09. The number of halogens is 4. The Bertz CT molecular complexity index is 376. The van der Waals surface area contributed by atoms with Crippen LogP contribution in [0.1, 0.15) is 5.56 Å². The lowest BCUT2D eigenvalue weighted by Gasteiger charge is -1.95. The average molecular weight is 249 g/mol. The van der Waals surface area contributed by atoms with Crippen LogP contribution in [-0.4, -0.2) is 5.33 Å². The summed E-state index contributed by atoms with van der Waals surface area (Å²) < 4.78 is 37.8. The van der Waals surface area contributed by atoms with Gasteiger partial charge in [-0.1, -0.05) is 27.8 Å². The molecule has 4 heteroatoms. The smallest absolute Gasteiger partial charge is 0.161 e. The summed E-state index contributed by atoms with van der Waals surface area (Å²) in [5.41, 5.74) is -0.140. The van der Waals surface area contributed by atoms with Crippen molar-refractivity contribution in [2.45, 2.75) is 0 Å². The van der Waals surface area contributed by atoms with E-state index >= 15 is 0 Å². The predicted molar refractivity (Wildman–Crippen MR) is 47.0 cm³/mol. The van der Waals surface area contributed by atoms with Crippen molar-refractivity contribution < 1.29 is 13.2 Å². The molecule has 0 bridgehead atoms. The first kappa shape index (κ1) is 10.1. The van der Waals surface area contributed by atoms with Crippen LogP contribution < -0.4 is 0 Å². The minimum Gasteiger partial charge on any atom is -0.206 e. The van der Waals surface area contributed by atoms with Crippen LogP contribution in [0.2, 0.25) is 0 Å². The molecule has 0 radical (unpaired) electrons. The molecule has 0 aliphatic heterocycles. The van der Waals surface area contributed by atoms with E-state index in [1.807, 2.05) is 0 Å². The van der Waals surface area contributed by atoms with Gasteiger partial charge in [0.1, 0.15) is 5.82 Å². The highest BCUT2D eigenvalue weighted by Gasteiger charge is 2.07. The third kappa shape index (κ3) is 2.49. The maximum Gasteiger partial charge on any atom is 0.161 e. The lowest BCUT2D eigenvalue weighted by molar-refractivity contribution is 0.494. The molecule has 68 valence electrons. The second-order valence-corrected chi connectivity index (χ2v) is 2.74. The van der Waals surface area contributed by atoms with Crippen LogP contribution in [0.5, 0.6) is 0 Å². The highest BCUT2D eigenvalue weighted by molar-refractivity contribution is 9.09. The van der Waals surface area contributed by atoms with Gasteiger partial charge in [0, 0.05) is 6.07 Å². The van der Waals surface area contributed by atoms with Gasteiger partial charge in [0.15, 0.2) is 11.6 Å². The van der Waals surface area contributed by atoms with Gasteiger partial charge in [-0.15, -0.1) is 0 Å². The van der Waals surface area contributed by atoms with Gasteiger partial charge in [-0.25, -0.2) is 13.2 Å². The molecule has 13 heavy (non-hydrogen) atoms. The first-order chi connectivity index (χ1) is 6.15. The molecule has 0 amide bonds. The Hall–Kier alpha value is -0.950. The van der Waals surface area contributed by atoms with Crippen molar-refractivity contribution in [1.82, 2.24) is 0 Å². The molecule has 0 nitrogen and oxygen atoms in total. The molecular weight excluding hydrogens is 245 g/mol. The Morgan fingerprint density at radius 2 is 1.69 bits per heavy atom. The first-order valence-corrected chi connectivity index (χ1v) is 4.46. The fourth-order valence-corrected chi connectivity index (χ4v) is 0.887. The molecule has 0 spiro atoms. The first-order valence-electron chi connectivity index (χ1n) is 3.34. The van der Waals surface area contributed by atoms with E-state index in [9.17, 15) is 13.2 Å². The summed E-state index contributed by atoms with van der Waals surface area (Å²) in [6, 6.07) is 1.22. The maximum atomic E-state index is 12.8. The van der Waals surface area contributed by atoms with Crippen LogP contribution >= 0.6 is 15.9 Å². The minimum absolute atomic E-state index is 0.140. The van der Waals surface area contributed by atoms with Gasteiger partial charge in [-0.3, -0.25) is 0 Å². The lowest BCUT2D eigenvalue weighted by Crippen LogP contribution is -1.90. The molecule has 1 rings (SSSR count). The summed E-state index contributed by atoms with van der Waals surface area (Å²) >= 11 is 3.00. The third-order valence-electron chi connectivity index (χ3n) is 1.30. The number of hydrogen-bond acceptors (Lipinski definition) is 0. The van der Waals surface area contributed by atoms with Crippen molar-refractivity contribution in [3.63, 3.8) is 0 Å². The Morgan fingerprint density at radius 1 is 1.08 bits per heavy atom.